The zero-order valence-electron chi connectivity index (χ0n) is 8.66. The van der Waals surface area contributed by atoms with Crippen molar-refractivity contribution in [1.29, 1.82) is 0 Å². The third-order valence-electron chi connectivity index (χ3n) is 1.88. The number of rotatable bonds is 8. The number of sulfone groups is 1. The summed E-state index contributed by atoms with van der Waals surface area (Å²) in [6.45, 7) is 0.608. The molecule has 84 valence electrons. The Morgan fingerprint density at radius 1 is 1.14 bits per heavy atom. The van der Waals surface area contributed by atoms with E-state index in [2.05, 4.69) is 0 Å². The van der Waals surface area contributed by atoms with Crippen molar-refractivity contribution in [2.45, 2.75) is 32.1 Å². The van der Waals surface area contributed by atoms with Crippen LogP contribution in [0.15, 0.2) is 0 Å². The molecule has 14 heavy (non-hydrogen) atoms. The first-order valence-electron chi connectivity index (χ1n) is 4.85. The quantitative estimate of drug-likeness (QED) is 0.606. The highest BCUT2D eigenvalue weighted by Crippen LogP contribution is 2.02. The van der Waals surface area contributed by atoms with Crippen LogP contribution in [0.1, 0.15) is 32.1 Å². The van der Waals surface area contributed by atoms with Crippen molar-refractivity contribution in [3.8, 4) is 0 Å². The fraction of sp³-hybridized carbons (Fsp3) is 0.889. The number of nitrogens with two attached hydrogens (primary N) is 1. The number of unbranched alkanes of at least 4 members (excludes halogenated alkanes) is 1. The van der Waals surface area contributed by atoms with Gasteiger partial charge in [-0.15, -0.1) is 0 Å². The third kappa shape index (κ3) is 9.67. The minimum absolute atomic E-state index is 0.107. The van der Waals surface area contributed by atoms with Crippen LogP contribution in [0.3, 0.4) is 0 Å². The zero-order chi connectivity index (χ0) is 11.0. The van der Waals surface area contributed by atoms with E-state index >= 15 is 0 Å². The van der Waals surface area contributed by atoms with Gasteiger partial charge in [-0.25, -0.2) is 8.42 Å². The van der Waals surface area contributed by atoms with Crippen LogP contribution < -0.4 is 5.73 Å². The Bertz CT molecular complexity index is 259. The Hall–Kier alpha value is -0.420. The topological polar surface area (TPSA) is 77.2 Å². The molecule has 0 aromatic rings. The van der Waals surface area contributed by atoms with Crippen LogP contribution >= 0.6 is 0 Å². The summed E-state index contributed by atoms with van der Waals surface area (Å²) in [5, 5.41) is 0. The third-order valence-corrected chi connectivity index (χ3v) is 2.91. The Kier molecular flexibility index (Phi) is 6.74. The van der Waals surface area contributed by atoms with E-state index in [1.165, 1.54) is 6.26 Å². The monoisotopic (exact) mass is 221 g/mol. The van der Waals surface area contributed by atoms with Gasteiger partial charge in [0.15, 0.2) is 0 Å². The number of hydrogen-bond donors (Lipinski definition) is 1. The second-order valence-electron chi connectivity index (χ2n) is 3.52. The molecule has 4 nitrogen and oxygen atoms in total. The van der Waals surface area contributed by atoms with Crippen molar-refractivity contribution >= 4 is 15.6 Å². The molecule has 5 heteroatoms. The average Bonchev–Trinajstić information content (AvgIpc) is 2.02. The molecule has 0 aliphatic heterocycles. The van der Waals surface area contributed by atoms with Gasteiger partial charge in [0.2, 0.25) is 0 Å². The first-order chi connectivity index (χ1) is 6.45. The van der Waals surface area contributed by atoms with Crippen molar-refractivity contribution in [1.82, 2.24) is 0 Å². The van der Waals surface area contributed by atoms with Crippen LogP contribution in [0.4, 0.5) is 0 Å². The van der Waals surface area contributed by atoms with Gasteiger partial charge in [0.25, 0.3) is 0 Å². The summed E-state index contributed by atoms with van der Waals surface area (Å²) < 4.78 is 21.5. The maximum Gasteiger partial charge on any atom is 0.147 e. The molecule has 0 saturated carbocycles. The normalized spacial score (nSPS) is 11.6. The van der Waals surface area contributed by atoms with E-state index in [4.69, 9.17) is 5.73 Å². The highest BCUT2D eigenvalue weighted by atomic mass is 32.2. The van der Waals surface area contributed by atoms with Crippen molar-refractivity contribution in [2.24, 2.45) is 5.73 Å². The van der Waals surface area contributed by atoms with Crippen molar-refractivity contribution in [3.63, 3.8) is 0 Å². The van der Waals surface area contributed by atoms with Crippen LogP contribution in [0.2, 0.25) is 0 Å². The molecule has 2 N–H and O–H groups in total. The van der Waals surface area contributed by atoms with Crippen LogP contribution in [-0.4, -0.2) is 32.8 Å². The second-order valence-corrected chi connectivity index (χ2v) is 5.78. The molecule has 0 rings (SSSR count). The second kappa shape index (κ2) is 6.95. The highest BCUT2D eigenvalue weighted by Gasteiger charge is 2.05. The van der Waals surface area contributed by atoms with E-state index in [1.54, 1.807) is 0 Å². The predicted octanol–water partition coefficient (Wildman–Crippen LogP) is 0.509. The molecule has 0 radical (unpaired) electrons. The molecule has 0 aliphatic rings. The highest BCUT2D eigenvalue weighted by molar-refractivity contribution is 7.90. The van der Waals surface area contributed by atoms with Gasteiger partial charge < -0.3 is 5.73 Å². The molecule has 0 unspecified atom stereocenters. The molecular weight excluding hydrogens is 202 g/mol. The molecular formula is C9H19NO3S. The lowest BCUT2D eigenvalue weighted by Gasteiger charge is -1.99. The van der Waals surface area contributed by atoms with Gasteiger partial charge in [-0.2, -0.15) is 0 Å². The lowest BCUT2D eigenvalue weighted by Crippen LogP contribution is -2.07. The summed E-state index contributed by atoms with van der Waals surface area (Å²) in [5.74, 6) is 0.248. The molecule has 0 heterocycles. The van der Waals surface area contributed by atoms with E-state index in [9.17, 15) is 13.2 Å². The Balaban J connectivity index is 3.45. The summed E-state index contributed by atoms with van der Waals surface area (Å²) in [7, 11) is -2.92. The minimum Gasteiger partial charge on any atom is -0.330 e. The first-order valence-corrected chi connectivity index (χ1v) is 6.91. The van der Waals surface area contributed by atoms with Crippen molar-refractivity contribution < 1.29 is 13.2 Å². The van der Waals surface area contributed by atoms with Crippen LogP contribution in [0.25, 0.3) is 0 Å². The van der Waals surface area contributed by atoms with E-state index < -0.39 is 9.84 Å². The van der Waals surface area contributed by atoms with Gasteiger partial charge in [0, 0.05) is 19.1 Å². The van der Waals surface area contributed by atoms with Crippen LogP contribution in [0, 0.1) is 0 Å². The molecule has 0 fully saturated rings. The smallest absolute Gasteiger partial charge is 0.147 e. The number of Topliss-reactive ketones (excluding diaryl/α,β-unsaturated/α-hetero) is 1. The molecule has 0 aromatic heterocycles. The fourth-order valence-electron chi connectivity index (χ4n) is 1.12. The van der Waals surface area contributed by atoms with Gasteiger partial charge in [0.1, 0.15) is 15.6 Å². The molecule has 0 spiro atoms. The summed E-state index contributed by atoms with van der Waals surface area (Å²) in [4.78, 5) is 11.2. The summed E-state index contributed by atoms with van der Waals surface area (Å²) in [5.41, 5.74) is 5.28. The SMILES string of the molecule is CS(=O)(=O)CCCC(=O)CCCCN. The zero-order valence-corrected chi connectivity index (χ0v) is 9.48. The lowest BCUT2D eigenvalue weighted by molar-refractivity contribution is -0.119. The first kappa shape index (κ1) is 13.6. The van der Waals surface area contributed by atoms with E-state index in [0.29, 0.717) is 25.8 Å². The summed E-state index contributed by atoms with van der Waals surface area (Å²) in [6, 6.07) is 0. The number of hydrogen-bond acceptors (Lipinski definition) is 4. The molecule has 0 aliphatic carbocycles. The maximum atomic E-state index is 11.2. The molecule has 0 amide bonds. The van der Waals surface area contributed by atoms with Gasteiger partial charge in [-0.05, 0) is 25.8 Å². The van der Waals surface area contributed by atoms with E-state index in [-0.39, 0.29) is 11.5 Å². The molecule has 0 saturated heterocycles. The van der Waals surface area contributed by atoms with E-state index in [0.717, 1.165) is 12.8 Å². The fourth-order valence-corrected chi connectivity index (χ4v) is 1.79. The Morgan fingerprint density at radius 2 is 1.71 bits per heavy atom. The van der Waals surface area contributed by atoms with Gasteiger partial charge >= 0.3 is 0 Å². The van der Waals surface area contributed by atoms with Crippen LogP contribution in [-0.2, 0) is 14.6 Å². The van der Waals surface area contributed by atoms with Gasteiger partial charge in [-0.1, -0.05) is 0 Å². The van der Waals surface area contributed by atoms with Crippen LogP contribution in [0.5, 0.6) is 0 Å². The number of carbonyl (C=O) groups excluding carboxylic acids is 1. The van der Waals surface area contributed by atoms with Gasteiger partial charge in [-0.3, -0.25) is 4.79 Å². The minimum atomic E-state index is -2.92. The van der Waals surface area contributed by atoms with E-state index in [1.807, 2.05) is 0 Å². The lowest BCUT2D eigenvalue weighted by atomic mass is 10.1. The summed E-state index contributed by atoms with van der Waals surface area (Å²) in [6.07, 6.45) is 4.21. The largest absolute Gasteiger partial charge is 0.330 e. The molecule has 0 atom stereocenters. The maximum absolute atomic E-state index is 11.2. The van der Waals surface area contributed by atoms with Gasteiger partial charge in [0.05, 0.1) is 5.75 Å². The summed E-state index contributed by atoms with van der Waals surface area (Å²) >= 11 is 0. The predicted molar refractivity (Wildman–Crippen MR) is 56.9 cm³/mol. The Labute approximate surface area is 85.8 Å². The molecule has 0 aromatic carbocycles. The standard InChI is InChI=1S/C9H19NO3S/c1-14(12,13)8-4-6-9(11)5-2-3-7-10/h2-8,10H2,1H3. The molecule has 0 bridgehead atoms. The number of carbonyl (C=O) groups is 1. The van der Waals surface area contributed by atoms with Crippen molar-refractivity contribution in [3.05, 3.63) is 0 Å². The average molecular weight is 221 g/mol. The Morgan fingerprint density at radius 3 is 2.21 bits per heavy atom. The van der Waals surface area contributed by atoms with Crippen molar-refractivity contribution in [2.75, 3.05) is 18.6 Å². The number of ketones is 1.